The Kier molecular flexibility index (Phi) is 7.94. The maximum Gasteiger partial charge on any atom is 0.338 e. The number of rotatable bonds is 9. The van der Waals surface area contributed by atoms with Crippen LogP contribution in [-0.4, -0.2) is 32.7 Å². The fraction of sp³-hybridized carbons (Fsp3) is 0.167. The molecule has 0 atom stereocenters. The number of benzene rings is 3. The van der Waals surface area contributed by atoms with Crippen LogP contribution in [-0.2, 0) is 16.1 Å². The lowest BCUT2D eigenvalue weighted by molar-refractivity contribution is -0.118. The van der Waals surface area contributed by atoms with E-state index in [2.05, 4.69) is 5.32 Å². The van der Waals surface area contributed by atoms with E-state index in [0.717, 1.165) is 0 Å². The first kappa shape index (κ1) is 23.0. The van der Waals surface area contributed by atoms with E-state index in [1.54, 1.807) is 48.5 Å². The van der Waals surface area contributed by atoms with Crippen molar-refractivity contribution in [2.75, 3.05) is 26.1 Å². The van der Waals surface area contributed by atoms with Crippen molar-refractivity contribution in [1.82, 2.24) is 0 Å². The highest BCUT2D eigenvalue weighted by Crippen LogP contribution is 2.29. The zero-order valence-corrected chi connectivity index (χ0v) is 18.3. The summed E-state index contributed by atoms with van der Waals surface area (Å²) >= 11 is 6.08. The maximum atomic E-state index is 12.4. The standard InChI is InChI=1S/C24H22ClNO6/c1-29-20-10-6-5-9-19(20)26-23(27)15-31-21-12-11-16(13-22(21)30-2)24(28)32-14-17-7-3-4-8-18(17)25/h3-13H,14-15H2,1-2H3,(H,26,27). The van der Waals surface area contributed by atoms with Crippen LogP contribution in [0.3, 0.4) is 0 Å². The summed E-state index contributed by atoms with van der Waals surface area (Å²) in [6, 6.07) is 18.7. The van der Waals surface area contributed by atoms with E-state index in [0.29, 0.717) is 33.5 Å². The zero-order chi connectivity index (χ0) is 22.9. The predicted molar refractivity (Wildman–Crippen MR) is 121 cm³/mol. The molecular weight excluding hydrogens is 434 g/mol. The van der Waals surface area contributed by atoms with Crippen LogP contribution in [0.4, 0.5) is 5.69 Å². The van der Waals surface area contributed by atoms with Gasteiger partial charge >= 0.3 is 5.97 Å². The lowest BCUT2D eigenvalue weighted by atomic mass is 10.2. The maximum absolute atomic E-state index is 12.4. The molecule has 0 aromatic heterocycles. The molecule has 0 bridgehead atoms. The highest BCUT2D eigenvalue weighted by Gasteiger charge is 2.15. The van der Waals surface area contributed by atoms with Gasteiger partial charge in [0, 0.05) is 10.6 Å². The van der Waals surface area contributed by atoms with Crippen LogP contribution in [0.25, 0.3) is 0 Å². The molecule has 7 nitrogen and oxygen atoms in total. The van der Waals surface area contributed by atoms with E-state index in [1.807, 2.05) is 6.07 Å². The van der Waals surface area contributed by atoms with Crippen LogP contribution in [0.1, 0.15) is 15.9 Å². The number of amides is 1. The molecular formula is C24H22ClNO6. The van der Waals surface area contributed by atoms with Gasteiger partial charge in [-0.05, 0) is 36.4 Å². The third-order valence-electron chi connectivity index (χ3n) is 4.46. The molecule has 1 N–H and O–H groups in total. The molecule has 3 rings (SSSR count). The number of carbonyl (C=O) groups excluding carboxylic acids is 2. The summed E-state index contributed by atoms with van der Waals surface area (Å²) in [7, 11) is 2.96. The number of hydrogen-bond donors (Lipinski definition) is 1. The predicted octanol–water partition coefficient (Wildman–Crippen LogP) is 4.73. The monoisotopic (exact) mass is 455 g/mol. The first-order valence-electron chi connectivity index (χ1n) is 9.66. The number of anilines is 1. The molecule has 166 valence electrons. The van der Waals surface area contributed by atoms with Crippen LogP contribution >= 0.6 is 11.6 Å². The second-order valence-electron chi connectivity index (χ2n) is 6.57. The Balaban J connectivity index is 1.60. The second kappa shape index (κ2) is 11.1. The smallest absolute Gasteiger partial charge is 0.338 e. The number of hydrogen-bond acceptors (Lipinski definition) is 6. The lowest BCUT2D eigenvalue weighted by Gasteiger charge is -2.13. The molecule has 0 fully saturated rings. The summed E-state index contributed by atoms with van der Waals surface area (Å²) in [6.45, 7) is -0.215. The third-order valence-corrected chi connectivity index (χ3v) is 4.82. The normalized spacial score (nSPS) is 10.2. The van der Waals surface area contributed by atoms with Crippen molar-refractivity contribution >= 4 is 29.2 Å². The van der Waals surface area contributed by atoms with Crippen molar-refractivity contribution in [3.05, 3.63) is 82.9 Å². The average molecular weight is 456 g/mol. The van der Waals surface area contributed by atoms with E-state index >= 15 is 0 Å². The Morgan fingerprint density at radius 3 is 2.34 bits per heavy atom. The van der Waals surface area contributed by atoms with Gasteiger partial charge in [0.2, 0.25) is 0 Å². The Bertz CT molecular complexity index is 1100. The van der Waals surface area contributed by atoms with E-state index < -0.39 is 5.97 Å². The van der Waals surface area contributed by atoms with Crippen LogP contribution in [0.2, 0.25) is 5.02 Å². The third kappa shape index (κ3) is 5.92. The van der Waals surface area contributed by atoms with Gasteiger partial charge in [0.05, 0.1) is 25.5 Å². The minimum Gasteiger partial charge on any atom is -0.495 e. The molecule has 0 aliphatic carbocycles. The molecule has 0 aliphatic heterocycles. The number of halogens is 1. The number of nitrogens with one attached hydrogen (secondary N) is 1. The molecule has 3 aromatic carbocycles. The number of para-hydroxylation sites is 2. The van der Waals surface area contributed by atoms with Crippen LogP contribution < -0.4 is 19.5 Å². The van der Waals surface area contributed by atoms with Crippen LogP contribution in [0.5, 0.6) is 17.2 Å². The van der Waals surface area contributed by atoms with Gasteiger partial charge in [-0.1, -0.05) is 41.9 Å². The molecule has 3 aromatic rings. The van der Waals surface area contributed by atoms with E-state index in [1.165, 1.54) is 26.4 Å². The molecule has 0 saturated heterocycles. The molecule has 8 heteroatoms. The summed E-state index contributed by atoms with van der Waals surface area (Å²) < 4.78 is 21.4. The van der Waals surface area contributed by atoms with Gasteiger partial charge in [0.15, 0.2) is 18.1 Å². The van der Waals surface area contributed by atoms with Gasteiger partial charge in [-0.2, -0.15) is 0 Å². The fourth-order valence-electron chi connectivity index (χ4n) is 2.83. The topological polar surface area (TPSA) is 83.1 Å². The highest BCUT2D eigenvalue weighted by atomic mass is 35.5. The SMILES string of the molecule is COc1ccccc1NC(=O)COc1ccc(C(=O)OCc2ccccc2Cl)cc1OC. The minimum atomic E-state index is -0.538. The van der Waals surface area contributed by atoms with Gasteiger partial charge in [-0.15, -0.1) is 0 Å². The second-order valence-corrected chi connectivity index (χ2v) is 6.98. The van der Waals surface area contributed by atoms with Crippen molar-refractivity contribution in [2.45, 2.75) is 6.61 Å². The van der Waals surface area contributed by atoms with E-state index in [-0.39, 0.29) is 24.7 Å². The number of ether oxygens (including phenoxy) is 4. The molecule has 32 heavy (non-hydrogen) atoms. The van der Waals surface area contributed by atoms with Crippen molar-refractivity contribution < 1.29 is 28.5 Å². The van der Waals surface area contributed by atoms with Gasteiger partial charge in [0.25, 0.3) is 5.91 Å². The van der Waals surface area contributed by atoms with Crippen LogP contribution in [0, 0.1) is 0 Å². The molecule has 0 radical (unpaired) electrons. The van der Waals surface area contributed by atoms with Crippen molar-refractivity contribution in [3.8, 4) is 17.2 Å². The highest BCUT2D eigenvalue weighted by molar-refractivity contribution is 6.31. The van der Waals surface area contributed by atoms with Crippen molar-refractivity contribution in [1.29, 1.82) is 0 Å². The summed E-state index contributed by atoms with van der Waals surface area (Å²) in [5.74, 6) is 0.231. The van der Waals surface area contributed by atoms with Crippen molar-refractivity contribution in [3.63, 3.8) is 0 Å². The van der Waals surface area contributed by atoms with Gasteiger partial charge < -0.3 is 24.3 Å². The molecule has 0 saturated carbocycles. The quantitative estimate of drug-likeness (QED) is 0.469. The number of methoxy groups -OCH3 is 2. The van der Waals surface area contributed by atoms with E-state index in [9.17, 15) is 9.59 Å². The number of carbonyl (C=O) groups is 2. The fourth-order valence-corrected chi connectivity index (χ4v) is 3.02. The Hall–Kier alpha value is -3.71. The average Bonchev–Trinajstić information content (AvgIpc) is 2.82. The largest absolute Gasteiger partial charge is 0.495 e. The number of esters is 1. The minimum absolute atomic E-state index is 0.0438. The molecule has 0 spiro atoms. The molecule has 0 unspecified atom stereocenters. The van der Waals surface area contributed by atoms with Gasteiger partial charge in [-0.3, -0.25) is 4.79 Å². The Labute approximate surface area is 190 Å². The Morgan fingerprint density at radius 1 is 0.875 bits per heavy atom. The van der Waals surface area contributed by atoms with Gasteiger partial charge in [-0.25, -0.2) is 4.79 Å². The molecule has 0 aliphatic rings. The van der Waals surface area contributed by atoms with E-state index in [4.69, 9.17) is 30.5 Å². The first-order chi connectivity index (χ1) is 15.5. The van der Waals surface area contributed by atoms with Gasteiger partial charge in [0.1, 0.15) is 12.4 Å². The van der Waals surface area contributed by atoms with Crippen LogP contribution in [0.15, 0.2) is 66.7 Å². The van der Waals surface area contributed by atoms with Crippen molar-refractivity contribution in [2.24, 2.45) is 0 Å². The zero-order valence-electron chi connectivity index (χ0n) is 17.6. The molecule has 0 heterocycles. The lowest BCUT2D eigenvalue weighted by Crippen LogP contribution is -2.20. The summed E-state index contributed by atoms with van der Waals surface area (Å²) in [6.07, 6.45) is 0. The summed E-state index contributed by atoms with van der Waals surface area (Å²) in [4.78, 5) is 24.7. The Morgan fingerprint density at radius 2 is 1.59 bits per heavy atom. The summed E-state index contributed by atoms with van der Waals surface area (Å²) in [5.41, 5.74) is 1.52. The molecule has 1 amide bonds. The first-order valence-corrected chi connectivity index (χ1v) is 10.0. The summed E-state index contributed by atoms with van der Waals surface area (Å²) in [5, 5.41) is 3.24.